The van der Waals surface area contributed by atoms with Crippen molar-refractivity contribution in [3.8, 4) is 0 Å². The lowest BCUT2D eigenvalue weighted by Crippen LogP contribution is -2.52. The molecule has 1 N–H and O–H groups in total. The van der Waals surface area contributed by atoms with Crippen LogP contribution in [-0.4, -0.2) is 21.9 Å². The standard InChI is InChI=1S/C15H17F3N2OS/c1-13(2,3)11(21)9-14(15(16,17)18)20-19-12(22-14)10-7-5-4-6-8-10/h4-8,20H,9H2,1-3H3/t14-/m1/s1. The number of nitrogens with zero attached hydrogens (tertiary/aromatic N) is 1. The van der Waals surface area contributed by atoms with Gasteiger partial charge in [0.25, 0.3) is 0 Å². The van der Waals surface area contributed by atoms with Crippen LogP contribution in [0.25, 0.3) is 0 Å². The molecule has 0 aromatic heterocycles. The summed E-state index contributed by atoms with van der Waals surface area (Å²) in [6.45, 7) is 4.83. The lowest BCUT2D eigenvalue weighted by molar-refractivity contribution is -0.172. The van der Waals surface area contributed by atoms with E-state index in [1.54, 1.807) is 51.1 Å². The van der Waals surface area contributed by atoms with Gasteiger partial charge in [0.15, 0.2) is 0 Å². The van der Waals surface area contributed by atoms with Crippen LogP contribution in [0, 0.1) is 5.41 Å². The van der Waals surface area contributed by atoms with Crippen LogP contribution in [-0.2, 0) is 4.79 Å². The van der Waals surface area contributed by atoms with Gasteiger partial charge in [0, 0.05) is 11.0 Å². The highest BCUT2D eigenvalue weighted by atomic mass is 32.2. The molecule has 2 rings (SSSR count). The van der Waals surface area contributed by atoms with Gasteiger partial charge in [-0.25, -0.2) is 0 Å². The van der Waals surface area contributed by atoms with Crippen molar-refractivity contribution in [1.29, 1.82) is 0 Å². The van der Waals surface area contributed by atoms with Gasteiger partial charge >= 0.3 is 6.18 Å². The molecule has 1 aliphatic heterocycles. The first kappa shape index (κ1) is 16.9. The minimum Gasteiger partial charge on any atom is -0.299 e. The Balaban J connectivity index is 2.27. The molecule has 3 nitrogen and oxygen atoms in total. The van der Waals surface area contributed by atoms with Crippen LogP contribution in [0.4, 0.5) is 13.2 Å². The van der Waals surface area contributed by atoms with Crippen LogP contribution in [0.1, 0.15) is 32.8 Å². The van der Waals surface area contributed by atoms with E-state index in [2.05, 4.69) is 10.5 Å². The van der Waals surface area contributed by atoms with Gasteiger partial charge in [0.2, 0.25) is 4.87 Å². The van der Waals surface area contributed by atoms with Crippen molar-refractivity contribution < 1.29 is 18.0 Å². The largest absolute Gasteiger partial charge is 0.423 e. The topological polar surface area (TPSA) is 41.5 Å². The van der Waals surface area contributed by atoms with Gasteiger partial charge in [-0.1, -0.05) is 62.9 Å². The van der Waals surface area contributed by atoms with E-state index in [-0.39, 0.29) is 5.04 Å². The molecule has 0 saturated heterocycles. The normalized spacial score (nSPS) is 22.2. The predicted octanol–water partition coefficient (Wildman–Crippen LogP) is 3.95. The fourth-order valence-electron chi connectivity index (χ4n) is 1.84. The lowest BCUT2D eigenvalue weighted by atomic mass is 9.87. The Morgan fingerprint density at radius 3 is 2.32 bits per heavy atom. The van der Waals surface area contributed by atoms with Gasteiger partial charge in [0.05, 0.1) is 6.42 Å². The number of carbonyl (C=O) groups excluding carboxylic acids is 1. The number of hydrazone groups is 1. The Bertz CT molecular complexity index is 593. The number of Topliss-reactive ketones (excluding diaryl/α,β-unsaturated/α-hetero) is 1. The van der Waals surface area contributed by atoms with Crippen LogP contribution >= 0.6 is 11.8 Å². The van der Waals surface area contributed by atoms with Crippen molar-refractivity contribution in [2.24, 2.45) is 10.5 Å². The number of alkyl halides is 3. The highest BCUT2D eigenvalue weighted by Crippen LogP contribution is 2.47. The molecule has 1 heterocycles. The number of halogens is 3. The number of nitrogens with one attached hydrogen (secondary N) is 1. The van der Waals surface area contributed by atoms with Crippen LogP contribution in [0.3, 0.4) is 0 Å². The molecule has 0 saturated carbocycles. The molecule has 0 fully saturated rings. The van der Waals surface area contributed by atoms with E-state index in [9.17, 15) is 18.0 Å². The van der Waals surface area contributed by atoms with Crippen LogP contribution in [0.15, 0.2) is 35.4 Å². The predicted molar refractivity (Wildman–Crippen MR) is 81.6 cm³/mol. The fourth-order valence-corrected chi connectivity index (χ4v) is 2.93. The molecule has 0 radical (unpaired) electrons. The fraction of sp³-hybridized carbons (Fsp3) is 0.467. The van der Waals surface area contributed by atoms with Crippen molar-refractivity contribution in [3.05, 3.63) is 35.9 Å². The zero-order chi connectivity index (χ0) is 16.6. The van der Waals surface area contributed by atoms with E-state index in [4.69, 9.17) is 0 Å². The Morgan fingerprint density at radius 2 is 1.82 bits per heavy atom. The van der Waals surface area contributed by atoms with Gasteiger partial charge in [-0.05, 0) is 0 Å². The van der Waals surface area contributed by atoms with E-state index < -0.39 is 28.7 Å². The second kappa shape index (κ2) is 5.61. The van der Waals surface area contributed by atoms with Crippen LogP contribution in [0.2, 0.25) is 0 Å². The third-order valence-corrected chi connectivity index (χ3v) is 4.67. The molecule has 1 atom stereocenters. The smallest absolute Gasteiger partial charge is 0.299 e. The maximum Gasteiger partial charge on any atom is 0.423 e. The highest BCUT2D eigenvalue weighted by molar-refractivity contribution is 8.15. The zero-order valence-electron chi connectivity index (χ0n) is 12.5. The first-order valence-corrected chi connectivity index (χ1v) is 7.56. The number of carbonyl (C=O) groups is 1. The minimum absolute atomic E-state index is 0.236. The molecule has 0 bridgehead atoms. The van der Waals surface area contributed by atoms with Crippen molar-refractivity contribution in [2.45, 2.75) is 38.2 Å². The summed E-state index contributed by atoms with van der Waals surface area (Å²) in [6.07, 6.45) is -5.26. The summed E-state index contributed by atoms with van der Waals surface area (Å²) in [4.78, 5) is 9.71. The number of ketones is 1. The first-order chi connectivity index (χ1) is 10.1. The molecule has 1 aromatic rings. The summed E-state index contributed by atoms with van der Waals surface area (Å²) in [5, 5.41) is 4.05. The summed E-state index contributed by atoms with van der Waals surface area (Å²) in [5.41, 5.74) is 1.92. The summed E-state index contributed by atoms with van der Waals surface area (Å²) >= 11 is 0.556. The van der Waals surface area contributed by atoms with Gasteiger partial charge in [-0.2, -0.15) is 18.3 Å². The monoisotopic (exact) mass is 330 g/mol. The quantitative estimate of drug-likeness (QED) is 0.912. The Labute approximate surface area is 131 Å². The molecule has 7 heteroatoms. The summed E-state index contributed by atoms with van der Waals surface area (Å²) in [6, 6.07) is 8.60. The SMILES string of the molecule is CC(C)(C)C(=O)C[C@@]1(C(F)(F)F)NN=C(c2ccccc2)S1. The van der Waals surface area contributed by atoms with E-state index >= 15 is 0 Å². The van der Waals surface area contributed by atoms with Crippen LogP contribution in [0.5, 0.6) is 0 Å². The lowest BCUT2D eigenvalue weighted by Gasteiger charge is -2.31. The molecule has 22 heavy (non-hydrogen) atoms. The molecule has 0 aliphatic carbocycles. The summed E-state index contributed by atoms with van der Waals surface area (Å²) in [5.74, 6) is -0.464. The van der Waals surface area contributed by atoms with Gasteiger partial charge < -0.3 is 0 Å². The third-order valence-electron chi connectivity index (χ3n) is 3.33. The van der Waals surface area contributed by atoms with Crippen LogP contribution < -0.4 is 5.43 Å². The molecule has 1 aliphatic rings. The van der Waals surface area contributed by atoms with E-state index in [1.807, 2.05) is 0 Å². The van der Waals surface area contributed by atoms with Gasteiger partial charge in [-0.3, -0.25) is 10.2 Å². The van der Waals surface area contributed by atoms with E-state index in [0.717, 1.165) is 0 Å². The molecule has 0 unspecified atom stereocenters. The molecule has 0 spiro atoms. The van der Waals surface area contributed by atoms with E-state index in [1.165, 1.54) is 0 Å². The average molecular weight is 330 g/mol. The Hall–Kier alpha value is -1.50. The highest BCUT2D eigenvalue weighted by Gasteiger charge is 2.60. The summed E-state index contributed by atoms with van der Waals surface area (Å²) < 4.78 is 40.6. The number of rotatable bonds is 3. The van der Waals surface area contributed by atoms with E-state index in [0.29, 0.717) is 17.3 Å². The number of hydrogen-bond donors (Lipinski definition) is 1. The maximum absolute atomic E-state index is 13.5. The Morgan fingerprint density at radius 1 is 1.23 bits per heavy atom. The van der Waals surface area contributed by atoms with Crippen molar-refractivity contribution in [3.63, 3.8) is 0 Å². The average Bonchev–Trinajstić information content (AvgIpc) is 2.84. The molecular formula is C15H17F3N2OS. The number of benzene rings is 1. The molecule has 0 amide bonds. The number of hydrogen-bond acceptors (Lipinski definition) is 4. The Kier molecular flexibility index (Phi) is 4.30. The third kappa shape index (κ3) is 3.29. The minimum atomic E-state index is -4.60. The van der Waals surface area contributed by atoms with Gasteiger partial charge in [0.1, 0.15) is 10.8 Å². The number of thioether (sulfide) groups is 1. The second-order valence-electron chi connectivity index (χ2n) is 6.17. The van der Waals surface area contributed by atoms with Crippen molar-refractivity contribution in [1.82, 2.24) is 5.43 Å². The molecule has 120 valence electrons. The first-order valence-electron chi connectivity index (χ1n) is 6.74. The zero-order valence-corrected chi connectivity index (χ0v) is 13.3. The molecule has 1 aromatic carbocycles. The van der Waals surface area contributed by atoms with Gasteiger partial charge in [-0.15, -0.1) is 0 Å². The van der Waals surface area contributed by atoms with Crippen molar-refractivity contribution >= 4 is 22.6 Å². The second-order valence-corrected chi connectivity index (χ2v) is 7.46. The van der Waals surface area contributed by atoms with Crippen molar-refractivity contribution in [2.75, 3.05) is 0 Å². The summed E-state index contributed by atoms with van der Waals surface area (Å²) in [7, 11) is 0. The maximum atomic E-state index is 13.5. The molecular weight excluding hydrogens is 313 g/mol.